The zero-order valence-electron chi connectivity index (χ0n) is 13.3. The smallest absolute Gasteiger partial charge is 0.238 e. The number of carbonyl (C=O) groups is 1. The minimum Gasteiger partial charge on any atom is -0.330 e. The van der Waals surface area contributed by atoms with Crippen molar-refractivity contribution in [2.24, 2.45) is 16.3 Å². The molecule has 0 bridgehead atoms. The van der Waals surface area contributed by atoms with Crippen LogP contribution in [0.5, 0.6) is 0 Å². The Balaban J connectivity index is 0.00000288. The van der Waals surface area contributed by atoms with Crippen molar-refractivity contribution in [3.63, 3.8) is 0 Å². The van der Waals surface area contributed by atoms with Gasteiger partial charge in [-0.05, 0) is 43.1 Å². The first kappa shape index (κ1) is 21.1. The van der Waals surface area contributed by atoms with Crippen LogP contribution < -0.4 is 16.2 Å². The fraction of sp³-hybridized carbons (Fsp3) is 0.500. The Bertz CT molecular complexity index is 714. The van der Waals surface area contributed by atoms with Crippen LogP contribution in [-0.2, 0) is 14.8 Å². The second-order valence-electron chi connectivity index (χ2n) is 6.21. The number of carbonyl (C=O) groups excluding carboxylic acids is 1. The molecule has 7 nitrogen and oxygen atoms in total. The van der Waals surface area contributed by atoms with Gasteiger partial charge in [-0.3, -0.25) is 9.69 Å². The van der Waals surface area contributed by atoms with Gasteiger partial charge >= 0.3 is 0 Å². The standard InChI is InChI=1S/C14H21ClN4O3S.ClH/c1-14(8-16)4-5-19(9-14)7-13(20)18-12-6-10(23(17,21)22)2-3-11(12)15;/h2-3,6H,4-5,7-9,16H2,1H3,(H,18,20)(H2,17,21,22);1H. The highest BCUT2D eigenvalue weighted by molar-refractivity contribution is 7.89. The van der Waals surface area contributed by atoms with Gasteiger partial charge in [-0.15, -0.1) is 12.4 Å². The molecule has 0 spiro atoms. The third-order valence-corrected chi connectivity index (χ3v) is 5.28. The van der Waals surface area contributed by atoms with E-state index in [-0.39, 0.29) is 45.9 Å². The van der Waals surface area contributed by atoms with Crippen LogP contribution in [0.15, 0.2) is 23.1 Å². The highest BCUT2D eigenvalue weighted by Crippen LogP contribution is 2.28. The summed E-state index contributed by atoms with van der Waals surface area (Å²) in [4.78, 5) is 14.1. The molecular formula is C14H22Cl2N4O3S. The molecular weight excluding hydrogens is 375 g/mol. The van der Waals surface area contributed by atoms with Crippen molar-refractivity contribution < 1.29 is 13.2 Å². The van der Waals surface area contributed by atoms with E-state index in [0.717, 1.165) is 19.5 Å². The number of primary sulfonamides is 1. The summed E-state index contributed by atoms with van der Waals surface area (Å²) in [6, 6.07) is 3.93. The summed E-state index contributed by atoms with van der Waals surface area (Å²) in [7, 11) is -3.85. The molecule has 1 saturated heterocycles. The second-order valence-corrected chi connectivity index (χ2v) is 8.18. The maximum absolute atomic E-state index is 12.2. The predicted octanol–water partition coefficient (Wildman–Crippen LogP) is 1.02. The lowest BCUT2D eigenvalue weighted by Gasteiger charge is -2.22. The van der Waals surface area contributed by atoms with Crippen LogP contribution in [0.3, 0.4) is 0 Å². The van der Waals surface area contributed by atoms with Crippen molar-refractivity contribution in [1.29, 1.82) is 0 Å². The molecule has 0 aliphatic carbocycles. The molecule has 24 heavy (non-hydrogen) atoms. The Morgan fingerprint density at radius 2 is 2.12 bits per heavy atom. The van der Waals surface area contributed by atoms with Crippen LogP contribution in [0, 0.1) is 5.41 Å². The van der Waals surface area contributed by atoms with Gasteiger partial charge in [-0.25, -0.2) is 13.6 Å². The quantitative estimate of drug-likeness (QED) is 0.686. The number of amides is 1. The molecule has 136 valence electrons. The summed E-state index contributed by atoms with van der Waals surface area (Å²) >= 11 is 5.99. The first-order chi connectivity index (χ1) is 10.6. The van der Waals surface area contributed by atoms with Gasteiger partial charge in [0.05, 0.1) is 22.2 Å². The highest BCUT2D eigenvalue weighted by Gasteiger charge is 2.33. The monoisotopic (exact) mass is 396 g/mol. The minimum absolute atomic E-state index is 0. The molecule has 1 aliphatic rings. The van der Waals surface area contributed by atoms with E-state index in [0.29, 0.717) is 6.54 Å². The Morgan fingerprint density at radius 1 is 1.46 bits per heavy atom. The van der Waals surface area contributed by atoms with Crippen molar-refractivity contribution >= 4 is 45.6 Å². The van der Waals surface area contributed by atoms with Gasteiger partial charge in [0.25, 0.3) is 0 Å². The number of likely N-dealkylation sites (tertiary alicyclic amines) is 1. The van der Waals surface area contributed by atoms with Gasteiger partial charge < -0.3 is 11.1 Å². The topological polar surface area (TPSA) is 119 Å². The van der Waals surface area contributed by atoms with Crippen LogP contribution in [0.25, 0.3) is 0 Å². The van der Waals surface area contributed by atoms with Gasteiger partial charge in [0.2, 0.25) is 15.9 Å². The van der Waals surface area contributed by atoms with E-state index in [1.807, 2.05) is 4.90 Å². The van der Waals surface area contributed by atoms with E-state index in [1.54, 1.807) is 0 Å². The summed E-state index contributed by atoms with van der Waals surface area (Å²) in [6.07, 6.45) is 0.943. The van der Waals surface area contributed by atoms with Gasteiger partial charge in [-0.2, -0.15) is 0 Å². The summed E-state index contributed by atoms with van der Waals surface area (Å²) in [6.45, 7) is 4.42. The van der Waals surface area contributed by atoms with E-state index < -0.39 is 10.0 Å². The Labute approximate surface area is 153 Å². The average molecular weight is 397 g/mol. The van der Waals surface area contributed by atoms with Crippen LogP contribution >= 0.6 is 24.0 Å². The predicted molar refractivity (Wildman–Crippen MR) is 96.9 cm³/mol. The summed E-state index contributed by atoms with van der Waals surface area (Å²) in [5.41, 5.74) is 6.01. The normalized spacial score (nSPS) is 21.3. The highest BCUT2D eigenvalue weighted by atomic mass is 35.5. The van der Waals surface area contributed by atoms with E-state index in [1.165, 1.54) is 18.2 Å². The zero-order valence-corrected chi connectivity index (χ0v) is 15.7. The van der Waals surface area contributed by atoms with Crippen LogP contribution in [0.2, 0.25) is 5.02 Å². The molecule has 1 amide bonds. The molecule has 1 aromatic rings. The first-order valence-corrected chi connectivity index (χ1v) is 9.10. The van der Waals surface area contributed by atoms with Gasteiger partial charge in [0.15, 0.2) is 0 Å². The maximum atomic E-state index is 12.2. The molecule has 5 N–H and O–H groups in total. The summed E-state index contributed by atoms with van der Waals surface area (Å²) in [5.74, 6) is -0.264. The van der Waals surface area contributed by atoms with E-state index in [9.17, 15) is 13.2 Å². The molecule has 0 saturated carbocycles. The molecule has 0 radical (unpaired) electrons. The number of nitrogens with two attached hydrogens (primary N) is 2. The SMILES string of the molecule is CC1(CN)CCN(CC(=O)Nc2cc(S(N)(=O)=O)ccc2Cl)C1.Cl. The van der Waals surface area contributed by atoms with Crippen molar-refractivity contribution in [3.8, 4) is 0 Å². The maximum Gasteiger partial charge on any atom is 0.238 e. The molecule has 10 heteroatoms. The number of anilines is 1. The molecule has 1 unspecified atom stereocenters. The zero-order chi connectivity index (χ0) is 17.3. The van der Waals surface area contributed by atoms with Gasteiger partial charge in [0.1, 0.15) is 0 Å². The molecule has 2 rings (SSSR count). The number of hydrogen-bond donors (Lipinski definition) is 3. The number of rotatable bonds is 5. The Kier molecular flexibility index (Phi) is 7.04. The van der Waals surface area contributed by atoms with Gasteiger partial charge in [-0.1, -0.05) is 18.5 Å². The number of sulfonamides is 1. The molecule has 1 aliphatic heterocycles. The first-order valence-electron chi connectivity index (χ1n) is 7.18. The lowest BCUT2D eigenvalue weighted by atomic mass is 9.90. The third-order valence-electron chi connectivity index (χ3n) is 4.04. The lowest BCUT2D eigenvalue weighted by molar-refractivity contribution is -0.117. The molecule has 1 aromatic carbocycles. The molecule has 1 heterocycles. The Hall–Kier alpha value is -0.900. The number of nitrogens with one attached hydrogen (secondary N) is 1. The van der Waals surface area contributed by atoms with Gasteiger partial charge in [0, 0.05) is 6.54 Å². The van der Waals surface area contributed by atoms with Crippen LogP contribution in [0.1, 0.15) is 13.3 Å². The minimum atomic E-state index is -3.85. The summed E-state index contributed by atoms with van der Waals surface area (Å²) < 4.78 is 22.7. The van der Waals surface area contributed by atoms with Crippen molar-refractivity contribution in [2.45, 2.75) is 18.2 Å². The average Bonchev–Trinajstić information content (AvgIpc) is 2.82. The molecule has 0 aromatic heterocycles. The van der Waals surface area contributed by atoms with Crippen molar-refractivity contribution in [1.82, 2.24) is 4.90 Å². The van der Waals surface area contributed by atoms with Crippen LogP contribution in [0.4, 0.5) is 5.69 Å². The van der Waals surface area contributed by atoms with Crippen molar-refractivity contribution in [2.75, 3.05) is 31.5 Å². The Morgan fingerprint density at radius 3 is 2.67 bits per heavy atom. The fourth-order valence-corrected chi connectivity index (χ4v) is 3.30. The van der Waals surface area contributed by atoms with E-state index in [4.69, 9.17) is 22.5 Å². The second kappa shape index (κ2) is 7.99. The third kappa shape index (κ3) is 5.30. The lowest BCUT2D eigenvalue weighted by Crippen LogP contribution is -2.35. The fourth-order valence-electron chi connectivity index (χ4n) is 2.60. The van der Waals surface area contributed by atoms with E-state index >= 15 is 0 Å². The molecule has 1 atom stereocenters. The number of halogens is 2. The van der Waals surface area contributed by atoms with E-state index in [2.05, 4.69) is 12.2 Å². The largest absolute Gasteiger partial charge is 0.330 e. The molecule has 1 fully saturated rings. The number of benzene rings is 1. The van der Waals surface area contributed by atoms with Crippen LogP contribution in [-0.4, -0.2) is 45.4 Å². The number of nitrogens with zero attached hydrogens (tertiary/aromatic N) is 1. The van der Waals surface area contributed by atoms with Crippen molar-refractivity contribution in [3.05, 3.63) is 23.2 Å². The summed E-state index contributed by atoms with van der Waals surface area (Å²) in [5, 5.41) is 7.96. The number of hydrogen-bond acceptors (Lipinski definition) is 5.